The molecule has 0 bridgehead atoms. The van der Waals surface area contributed by atoms with Crippen LogP contribution in [0.1, 0.15) is 13.3 Å². The van der Waals surface area contributed by atoms with Crippen molar-refractivity contribution in [1.29, 1.82) is 0 Å². The summed E-state index contributed by atoms with van der Waals surface area (Å²) in [5.41, 5.74) is 5.54. The van der Waals surface area contributed by atoms with Gasteiger partial charge >= 0.3 is 0 Å². The normalized spacial score (nSPS) is 12.2. The van der Waals surface area contributed by atoms with E-state index in [-0.39, 0.29) is 0 Å². The predicted molar refractivity (Wildman–Crippen MR) is 77.6 cm³/mol. The third kappa shape index (κ3) is 3.45. The molecule has 1 atom stereocenters. The van der Waals surface area contributed by atoms with Crippen LogP contribution in [-0.4, -0.2) is 34.6 Å². The van der Waals surface area contributed by atoms with Crippen molar-refractivity contribution >= 4 is 17.5 Å². The van der Waals surface area contributed by atoms with Crippen molar-refractivity contribution in [3.05, 3.63) is 30.7 Å². The van der Waals surface area contributed by atoms with Gasteiger partial charge in [-0.1, -0.05) is 0 Å². The number of rotatable bonds is 6. The Morgan fingerprint density at radius 1 is 1.47 bits per heavy atom. The molecule has 0 saturated heterocycles. The van der Waals surface area contributed by atoms with Crippen molar-refractivity contribution in [3.63, 3.8) is 0 Å². The summed E-state index contributed by atoms with van der Waals surface area (Å²) < 4.78 is 0. The fourth-order valence-corrected chi connectivity index (χ4v) is 1.84. The number of aromatic nitrogens is 3. The summed E-state index contributed by atoms with van der Waals surface area (Å²) in [6.45, 7) is 2.75. The van der Waals surface area contributed by atoms with E-state index in [9.17, 15) is 0 Å². The Kier molecular flexibility index (Phi) is 4.35. The van der Waals surface area contributed by atoms with Crippen LogP contribution in [0.3, 0.4) is 0 Å². The van der Waals surface area contributed by atoms with Gasteiger partial charge in [-0.3, -0.25) is 0 Å². The number of hydrogen-bond donors (Lipinski definition) is 3. The van der Waals surface area contributed by atoms with Crippen LogP contribution in [-0.2, 0) is 0 Å². The molecule has 0 amide bonds. The highest BCUT2D eigenvalue weighted by molar-refractivity contribution is 5.58. The molecule has 0 fully saturated rings. The Bertz CT molecular complexity index is 496. The highest BCUT2D eigenvalue weighted by atomic mass is 15.2. The number of nitrogens with two attached hydrogens (primary N) is 1. The van der Waals surface area contributed by atoms with E-state index < -0.39 is 0 Å². The fourth-order valence-electron chi connectivity index (χ4n) is 1.84. The lowest BCUT2D eigenvalue weighted by molar-refractivity contribution is 0.713. The van der Waals surface area contributed by atoms with Crippen LogP contribution in [0.2, 0.25) is 0 Å². The van der Waals surface area contributed by atoms with Gasteiger partial charge in [0.1, 0.15) is 23.8 Å². The van der Waals surface area contributed by atoms with Crippen molar-refractivity contribution in [3.8, 4) is 0 Å². The zero-order valence-electron chi connectivity index (χ0n) is 11.3. The lowest BCUT2D eigenvalue weighted by Crippen LogP contribution is -2.20. The maximum atomic E-state index is 5.54. The summed E-state index contributed by atoms with van der Waals surface area (Å²) in [7, 11) is 1.96. The largest absolute Gasteiger partial charge is 0.367 e. The number of nitrogens with one attached hydrogen (secondary N) is 2. The second kappa shape index (κ2) is 6.19. The molecule has 102 valence electrons. The van der Waals surface area contributed by atoms with Crippen molar-refractivity contribution in [2.45, 2.75) is 19.4 Å². The molecule has 2 aromatic heterocycles. The molecule has 0 aliphatic heterocycles. The molecule has 0 radical (unpaired) electrons. The van der Waals surface area contributed by atoms with Gasteiger partial charge in [0, 0.05) is 25.4 Å². The number of hydrogen-bond acceptors (Lipinski definition) is 5. The number of nitrogens with zero attached hydrogens (tertiary/aromatic N) is 3. The van der Waals surface area contributed by atoms with E-state index in [2.05, 4.69) is 27.2 Å². The minimum absolute atomic E-state index is 0.295. The Labute approximate surface area is 113 Å². The van der Waals surface area contributed by atoms with Gasteiger partial charge in [0.15, 0.2) is 0 Å². The first-order valence-corrected chi connectivity index (χ1v) is 6.36. The minimum Gasteiger partial charge on any atom is -0.367 e. The van der Waals surface area contributed by atoms with E-state index in [1.807, 2.05) is 36.3 Å². The minimum atomic E-state index is 0.295. The van der Waals surface area contributed by atoms with Gasteiger partial charge in [-0.05, 0) is 32.0 Å². The van der Waals surface area contributed by atoms with Crippen molar-refractivity contribution in [2.75, 3.05) is 23.8 Å². The molecule has 6 nitrogen and oxygen atoms in total. The molecule has 0 aliphatic rings. The van der Waals surface area contributed by atoms with Gasteiger partial charge in [-0.2, -0.15) is 0 Å². The standard InChI is InChI=1S/C13H20N6/c1-10(5-6-14)18-11-8-13(17-9-16-11)19(2)12-4-3-7-15-12/h3-4,7-10,15H,5-6,14H2,1-2H3,(H,16,17,18). The average Bonchev–Trinajstić information content (AvgIpc) is 2.92. The highest BCUT2D eigenvalue weighted by Crippen LogP contribution is 2.21. The zero-order chi connectivity index (χ0) is 13.7. The van der Waals surface area contributed by atoms with Crippen molar-refractivity contribution in [1.82, 2.24) is 15.0 Å². The predicted octanol–water partition coefficient (Wildman–Crippen LogP) is 1.72. The summed E-state index contributed by atoms with van der Waals surface area (Å²) >= 11 is 0. The first-order chi connectivity index (χ1) is 9.20. The second-order valence-electron chi connectivity index (χ2n) is 4.50. The summed E-state index contributed by atoms with van der Waals surface area (Å²) in [6.07, 6.45) is 4.35. The van der Waals surface area contributed by atoms with Crippen LogP contribution in [0.5, 0.6) is 0 Å². The summed E-state index contributed by atoms with van der Waals surface area (Å²) in [5, 5.41) is 3.32. The molecule has 4 N–H and O–H groups in total. The second-order valence-corrected chi connectivity index (χ2v) is 4.50. The zero-order valence-corrected chi connectivity index (χ0v) is 11.3. The molecular weight excluding hydrogens is 240 g/mol. The van der Waals surface area contributed by atoms with E-state index in [0.717, 1.165) is 23.9 Å². The molecule has 0 aromatic carbocycles. The number of H-pyrrole nitrogens is 1. The van der Waals surface area contributed by atoms with E-state index in [4.69, 9.17) is 5.73 Å². The molecule has 19 heavy (non-hydrogen) atoms. The van der Waals surface area contributed by atoms with Gasteiger partial charge in [0.05, 0.1) is 0 Å². The quantitative estimate of drug-likeness (QED) is 0.736. The van der Waals surface area contributed by atoms with Crippen molar-refractivity contribution < 1.29 is 0 Å². The van der Waals surface area contributed by atoms with Gasteiger partial charge in [-0.25, -0.2) is 9.97 Å². The third-order valence-electron chi connectivity index (χ3n) is 2.93. The maximum Gasteiger partial charge on any atom is 0.139 e. The molecule has 1 unspecified atom stereocenters. The summed E-state index contributed by atoms with van der Waals surface area (Å²) in [6, 6.07) is 6.17. The topological polar surface area (TPSA) is 82.9 Å². The van der Waals surface area contributed by atoms with Crippen molar-refractivity contribution in [2.24, 2.45) is 5.73 Å². The first-order valence-electron chi connectivity index (χ1n) is 6.36. The van der Waals surface area contributed by atoms with Gasteiger partial charge in [0.25, 0.3) is 0 Å². The molecule has 2 aromatic rings. The molecule has 0 saturated carbocycles. The lowest BCUT2D eigenvalue weighted by Gasteiger charge is -2.18. The molecule has 0 aliphatic carbocycles. The molecule has 0 spiro atoms. The Morgan fingerprint density at radius 3 is 3.00 bits per heavy atom. The van der Waals surface area contributed by atoms with E-state index >= 15 is 0 Å². The third-order valence-corrected chi connectivity index (χ3v) is 2.93. The molecule has 2 rings (SSSR count). The van der Waals surface area contributed by atoms with Gasteiger partial charge < -0.3 is 20.9 Å². The van der Waals surface area contributed by atoms with Gasteiger partial charge in [0.2, 0.25) is 0 Å². The smallest absolute Gasteiger partial charge is 0.139 e. The van der Waals surface area contributed by atoms with Crippen LogP contribution in [0.15, 0.2) is 30.7 Å². The summed E-state index contributed by atoms with van der Waals surface area (Å²) in [4.78, 5) is 13.6. The highest BCUT2D eigenvalue weighted by Gasteiger charge is 2.08. The lowest BCUT2D eigenvalue weighted by atomic mass is 10.2. The molecule has 2 heterocycles. The fraction of sp³-hybridized carbons (Fsp3) is 0.385. The Balaban J connectivity index is 2.10. The van der Waals surface area contributed by atoms with Gasteiger partial charge in [-0.15, -0.1) is 0 Å². The van der Waals surface area contributed by atoms with Crippen LogP contribution < -0.4 is 16.0 Å². The number of anilines is 3. The van der Waals surface area contributed by atoms with E-state index in [0.29, 0.717) is 12.6 Å². The Hall–Kier alpha value is -2.08. The number of aromatic amines is 1. The molecule has 6 heteroatoms. The SMILES string of the molecule is CC(CCN)Nc1cc(N(C)c2ccc[nH]2)ncn1. The van der Waals surface area contributed by atoms with Crippen LogP contribution in [0, 0.1) is 0 Å². The monoisotopic (exact) mass is 260 g/mol. The van der Waals surface area contributed by atoms with Crippen LogP contribution in [0.4, 0.5) is 17.5 Å². The van der Waals surface area contributed by atoms with E-state index in [1.165, 1.54) is 0 Å². The average molecular weight is 260 g/mol. The Morgan fingerprint density at radius 2 is 2.32 bits per heavy atom. The first kappa shape index (κ1) is 13.4. The van der Waals surface area contributed by atoms with E-state index in [1.54, 1.807) is 6.33 Å². The van der Waals surface area contributed by atoms with Crippen LogP contribution >= 0.6 is 0 Å². The van der Waals surface area contributed by atoms with Crippen LogP contribution in [0.25, 0.3) is 0 Å². The maximum absolute atomic E-state index is 5.54. The molecular formula is C13H20N6. The summed E-state index contributed by atoms with van der Waals surface area (Å²) in [5.74, 6) is 2.63.